The Balaban J connectivity index is 1.27. The van der Waals surface area contributed by atoms with Gasteiger partial charge in [0, 0.05) is 43.9 Å². The zero-order valence-corrected chi connectivity index (χ0v) is 24.1. The van der Waals surface area contributed by atoms with Crippen molar-refractivity contribution < 1.29 is 13.8 Å². The SMILES string of the molecule is COc1ccc(-c2cnc3cccc(-c4ccc(CN5CCS(O)(O)CC5)cc4)c3n2)cc1N1CCC(C)CC1. The van der Waals surface area contributed by atoms with Crippen LogP contribution in [0.25, 0.3) is 33.4 Å². The van der Waals surface area contributed by atoms with Crippen LogP contribution in [-0.4, -0.2) is 68.8 Å². The topological polar surface area (TPSA) is 82.0 Å². The minimum absolute atomic E-state index is 0.467. The van der Waals surface area contributed by atoms with E-state index in [0.29, 0.717) is 11.5 Å². The second-order valence-electron chi connectivity index (χ2n) is 11.2. The van der Waals surface area contributed by atoms with Crippen LogP contribution in [0, 0.1) is 5.92 Å². The number of fused-ring (bicyclic) bond motifs is 1. The molecule has 40 heavy (non-hydrogen) atoms. The van der Waals surface area contributed by atoms with Crippen LogP contribution >= 0.6 is 10.6 Å². The number of anilines is 1. The Morgan fingerprint density at radius 1 is 0.925 bits per heavy atom. The largest absolute Gasteiger partial charge is 0.495 e. The number of benzene rings is 3. The molecular weight excluding hydrogens is 520 g/mol. The van der Waals surface area contributed by atoms with Gasteiger partial charge in [0.25, 0.3) is 0 Å². The van der Waals surface area contributed by atoms with Gasteiger partial charge in [-0.1, -0.05) is 43.3 Å². The molecule has 2 saturated heterocycles. The van der Waals surface area contributed by atoms with Gasteiger partial charge < -0.3 is 9.64 Å². The molecule has 0 bridgehead atoms. The smallest absolute Gasteiger partial charge is 0.142 e. The number of para-hydroxylation sites is 1. The van der Waals surface area contributed by atoms with E-state index in [1.807, 2.05) is 24.4 Å². The zero-order valence-electron chi connectivity index (χ0n) is 23.3. The van der Waals surface area contributed by atoms with E-state index in [1.54, 1.807) is 7.11 Å². The molecule has 8 heteroatoms. The Labute approximate surface area is 238 Å². The van der Waals surface area contributed by atoms with E-state index in [2.05, 4.69) is 59.2 Å². The molecule has 0 spiro atoms. The molecule has 0 radical (unpaired) electrons. The lowest BCUT2D eigenvalue weighted by Gasteiger charge is -2.41. The molecular formula is C32H38N4O3S. The summed E-state index contributed by atoms with van der Waals surface area (Å²) in [7, 11) is -0.636. The summed E-state index contributed by atoms with van der Waals surface area (Å²) in [5, 5.41) is 0. The van der Waals surface area contributed by atoms with Crippen molar-refractivity contribution in [1.29, 1.82) is 0 Å². The predicted octanol–water partition coefficient (Wildman–Crippen LogP) is 6.77. The molecule has 0 unspecified atom stereocenters. The third-order valence-corrected chi connectivity index (χ3v) is 9.98. The molecule has 4 aromatic rings. The van der Waals surface area contributed by atoms with E-state index in [-0.39, 0.29) is 0 Å². The lowest BCUT2D eigenvalue weighted by molar-refractivity contribution is 0.278. The van der Waals surface area contributed by atoms with E-state index in [0.717, 1.165) is 83.5 Å². The first-order valence-corrected chi connectivity index (χ1v) is 16.0. The van der Waals surface area contributed by atoms with Crippen molar-refractivity contribution in [1.82, 2.24) is 14.9 Å². The van der Waals surface area contributed by atoms with Crippen LogP contribution in [0.3, 0.4) is 0 Å². The molecule has 2 fully saturated rings. The molecule has 7 nitrogen and oxygen atoms in total. The Bertz CT molecular complexity index is 1480. The van der Waals surface area contributed by atoms with E-state index in [4.69, 9.17) is 14.7 Å². The molecule has 6 rings (SSSR count). The van der Waals surface area contributed by atoms with Gasteiger partial charge in [-0.05, 0) is 54.2 Å². The molecule has 1 aromatic heterocycles. The summed E-state index contributed by atoms with van der Waals surface area (Å²) >= 11 is 0. The van der Waals surface area contributed by atoms with Crippen LogP contribution in [-0.2, 0) is 6.54 Å². The van der Waals surface area contributed by atoms with Crippen LogP contribution in [0.5, 0.6) is 5.75 Å². The Morgan fingerprint density at radius 3 is 2.38 bits per heavy atom. The molecule has 0 saturated carbocycles. The van der Waals surface area contributed by atoms with Gasteiger partial charge in [-0.25, -0.2) is 4.98 Å². The monoisotopic (exact) mass is 558 g/mol. The third-order valence-electron chi connectivity index (χ3n) is 8.31. The molecule has 2 aliphatic rings. The number of hydrogen-bond donors (Lipinski definition) is 2. The normalized spacial score (nSPS) is 19.1. The first-order chi connectivity index (χ1) is 19.4. The number of hydrogen-bond acceptors (Lipinski definition) is 7. The van der Waals surface area contributed by atoms with Gasteiger partial charge in [0.2, 0.25) is 0 Å². The first kappa shape index (κ1) is 27.0. The molecule has 3 heterocycles. The van der Waals surface area contributed by atoms with E-state index >= 15 is 0 Å². The minimum atomic E-state index is -2.37. The van der Waals surface area contributed by atoms with Crippen molar-refractivity contribution in [3.05, 3.63) is 72.4 Å². The van der Waals surface area contributed by atoms with Crippen LogP contribution < -0.4 is 9.64 Å². The molecule has 0 aliphatic carbocycles. The second kappa shape index (κ2) is 11.4. The first-order valence-electron chi connectivity index (χ1n) is 14.1. The Hall–Kier alpha value is -3.17. The number of methoxy groups -OCH3 is 1. The molecule has 0 atom stereocenters. The van der Waals surface area contributed by atoms with Crippen molar-refractivity contribution >= 4 is 27.3 Å². The summed E-state index contributed by atoms with van der Waals surface area (Å²) in [5.74, 6) is 2.59. The van der Waals surface area contributed by atoms with Gasteiger partial charge in [0.15, 0.2) is 0 Å². The third kappa shape index (κ3) is 5.81. The average Bonchev–Trinajstić information content (AvgIpc) is 2.98. The van der Waals surface area contributed by atoms with Crippen LogP contribution in [0.1, 0.15) is 25.3 Å². The summed E-state index contributed by atoms with van der Waals surface area (Å²) < 4.78 is 25.5. The van der Waals surface area contributed by atoms with Gasteiger partial charge in [0.1, 0.15) is 5.75 Å². The average molecular weight is 559 g/mol. The van der Waals surface area contributed by atoms with Gasteiger partial charge >= 0.3 is 0 Å². The van der Waals surface area contributed by atoms with Crippen molar-refractivity contribution in [2.24, 2.45) is 5.92 Å². The van der Waals surface area contributed by atoms with Gasteiger partial charge in [-0.2, -0.15) is 10.6 Å². The summed E-state index contributed by atoms with van der Waals surface area (Å²) in [4.78, 5) is 14.6. The lowest BCUT2D eigenvalue weighted by atomic mass is 9.98. The molecule has 2 N–H and O–H groups in total. The molecule has 3 aromatic carbocycles. The summed E-state index contributed by atoms with van der Waals surface area (Å²) in [6.45, 7) is 6.64. The van der Waals surface area contributed by atoms with Crippen molar-refractivity contribution in [3.63, 3.8) is 0 Å². The fourth-order valence-electron chi connectivity index (χ4n) is 5.72. The number of ether oxygens (including phenoxy) is 1. The highest BCUT2D eigenvalue weighted by Gasteiger charge is 2.22. The Kier molecular flexibility index (Phi) is 7.68. The lowest BCUT2D eigenvalue weighted by Crippen LogP contribution is -2.37. The van der Waals surface area contributed by atoms with Crippen molar-refractivity contribution in [2.45, 2.75) is 26.3 Å². The van der Waals surface area contributed by atoms with Crippen molar-refractivity contribution in [2.75, 3.05) is 49.7 Å². The second-order valence-corrected chi connectivity index (χ2v) is 13.6. The number of piperidine rings is 1. The van der Waals surface area contributed by atoms with Gasteiger partial charge in [0.05, 0.1) is 47.2 Å². The zero-order chi connectivity index (χ0) is 27.7. The summed E-state index contributed by atoms with van der Waals surface area (Å²) in [6, 6.07) is 21.1. The highest BCUT2D eigenvalue weighted by molar-refractivity contribution is 8.24. The highest BCUT2D eigenvalue weighted by atomic mass is 32.3. The summed E-state index contributed by atoms with van der Waals surface area (Å²) in [5.41, 5.74) is 8.14. The Morgan fingerprint density at radius 2 is 1.65 bits per heavy atom. The summed E-state index contributed by atoms with van der Waals surface area (Å²) in [6.07, 6.45) is 4.25. The molecule has 0 amide bonds. The fourth-order valence-corrected chi connectivity index (χ4v) is 7.03. The van der Waals surface area contributed by atoms with Crippen molar-refractivity contribution in [3.8, 4) is 28.1 Å². The highest BCUT2D eigenvalue weighted by Crippen LogP contribution is 2.40. The standard InChI is InChI=1S/C32H38N4O3S/c1-23-12-14-36(15-13-23)30-20-26(10-11-31(30)39-2)29-21-33-28-5-3-4-27(32(28)34-29)25-8-6-24(7-9-25)22-35-16-18-40(37,38)19-17-35/h3-11,20-21,23,37-38H,12-19,22H2,1-2H3. The van der Waals surface area contributed by atoms with E-state index < -0.39 is 10.6 Å². The van der Waals surface area contributed by atoms with E-state index in [1.165, 1.54) is 18.4 Å². The number of rotatable bonds is 6. The fraction of sp³-hybridized carbons (Fsp3) is 0.375. The van der Waals surface area contributed by atoms with Crippen LogP contribution in [0.2, 0.25) is 0 Å². The maximum Gasteiger partial charge on any atom is 0.142 e. The molecule has 210 valence electrons. The van der Waals surface area contributed by atoms with Gasteiger partial charge in [-0.3, -0.25) is 19.0 Å². The predicted molar refractivity (Wildman–Crippen MR) is 165 cm³/mol. The maximum atomic E-state index is 9.90. The quantitative estimate of drug-likeness (QED) is 0.270. The number of nitrogens with zero attached hydrogens (tertiary/aromatic N) is 4. The number of aromatic nitrogens is 2. The molecule has 2 aliphatic heterocycles. The van der Waals surface area contributed by atoms with Gasteiger partial charge in [-0.15, -0.1) is 0 Å². The van der Waals surface area contributed by atoms with Crippen LogP contribution in [0.15, 0.2) is 66.9 Å². The van der Waals surface area contributed by atoms with Crippen LogP contribution in [0.4, 0.5) is 5.69 Å². The van der Waals surface area contributed by atoms with E-state index in [9.17, 15) is 9.11 Å². The maximum absolute atomic E-state index is 9.90. The minimum Gasteiger partial charge on any atom is -0.495 e.